The Kier molecular flexibility index (Phi) is 5.70. The number of rotatable bonds is 4. The third-order valence-corrected chi connectivity index (χ3v) is 6.28. The Bertz CT molecular complexity index is 1560. The molecule has 4 aromatic rings. The Balaban J connectivity index is 1.65. The van der Waals surface area contributed by atoms with Gasteiger partial charge >= 0.3 is 11.8 Å². The molecular weight excluding hydrogens is 464 g/mol. The number of carbonyl (C=O) groups excluding carboxylic acids is 1. The van der Waals surface area contributed by atoms with E-state index in [2.05, 4.69) is 72.4 Å². The molecule has 1 aliphatic rings. The van der Waals surface area contributed by atoms with Crippen molar-refractivity contribution in [2.24, 2.45) is 5.73 Å². The highest BCUT2D eigenvalue weighted by atomic mass is 32.1. The molecule has 35 heavy (non-hydrogen) atoms. The van der Waals surface area contributed by atoms with Crippen molar-refractivity contribution in [1.82, 2.24) is 14.5 Å². The van der Waals surface area contributed by atoms with Gasteiger partial charge in [-0.3, -0.25) is 9.55 Å². The molecule has 2 heterocycles. The summed E-state index contributed by atoms with van der Waals surface area (Å²) < 4.78 is 11.9. The average molecular weight is 487 g/mol. The Morgan fingerprint density at radius 3 is 2.34 bits per heavy atom. The molecule has 8 nitrogen and oxygen atoms in total. The number of hydrogen-bond donors (Lipinski definition) is 2. The van der Waals surface area contributed by atoms with Crippen LogP contribution < -0.4 is 16.2 Å². The van der Waals surface area contributed by atoms with Gasteiger partial charge in [-0.25, -0.2) is 9.59 Å². The normalized spacial score (nSPS) is 12.6. The van der Waals surface area contributed by atoms with Gasteiger partial charge in [0, 0.05) is 17.7 Å². The highest BCUT2D eigenvalue weighted by Crippen LogP contribution is 2.39. The fraction of sp³-hybridized carbons (Fsp3) is 0.154. The zero-order valence-corrected chi connectivity index (χ0v) is 19.9. The third-order valence-electron chi connectivity index (χ3n) is 5.94. The maximum atomic E-state index is 12.8. The Morgan fingerprint density at radius 2 is 1.74 bits per heavy atom. The Morgan fingerprint density at radius 1 is 1.11 bits per heavy atom. The van der Waals surface area contributed by atoms with Crippen LogP contribution in [0.25, 0.3) is 12.2 Å². The fourth-order valence-electron chi connectivity index (χ4n) is 4.40. The first-order valence-electron chi connectivity index (χ1n) is 10.9. The number of aromatic amines is 1. The van der Waals surface area contributed by atoms with Gasteiger partial charge in [-0.1, -0.05) is 71.9 Å². The Hall–Kier alpha value is -4.24. The molecule has 0 radical (unpaired) electrons. The predicted molar refractivity (Wildman–Crippen MR) is 134 cm³/mol. The average Bonchev–Trinajstić information content (AvgIpc) is 3.16. The summed E-state index contributed by atoms with van der Waals surface area (Å²) in [5.74, 6) is -0.104. The number of oxazole rings is 1. The van der Waals surface area contributed by atoms with E-state index in [1.807, 2.05) is 0 Å². The molecule has 0 saturated heterocycles. The van der Waals surface area contributed by atoms with Crippen molar-refractivity contribution < 1.29 is 13.9 Å². The second-order valence-corrected chi connectivity index (χ2v) is 8.91. The molecular formula is C26H22N4O4S. The van der Waals surface area contributed by atoms with Gasteiger partial charge in [0.25, 0.3) is 5.88 Å². The number of carbonyl (C=O) groups is 1. The number of aromatic nitrogens is 3. The summed E-state index contributed by atoms with van der Waals surface area (Å²) in [5, 5.41) is 0. The van der Waals surface area contributed by atoms with Gasteiger partial charge < -0.3 is 14.9 Å². The number of nitrogens with two attached hydrogens (primary N) is 1. The number of nitrogens with one attached hydrogen (secondary N) is 1. The topological polar surface area (TPSA) is 116 Å². The molecule has 0 unspecified atom stereocenters. The molecule has 0 bridgehead atoms. The number of ether oxygens (including phenoxy) is 1. The summed E-state index contributed by atoms with van der Waals surface area (Å²) in [6.07, 6.45) is 6.14. The van der Waals surface area contributed by atoms with Crippen LogP contribution in [0.1, 0.15) is 50.8 Å². The minimum atomic E-state index is -1.00. The molecule has 2 aromatic carbocycles. The number of H-pyrrole nitrogens is 1. The number of fused-ring (bicyclic) bond motifs is 2. The molecule has 1 amide bonds. The van der Waals surface area contributed by atoms with Crippen molar-refractivity contribution in [2.75, 3.05) is 0 Å². The summed E-state index contributed by atoms with van der Waals surface area (Å²) in [6.45, 7) is 4.13. The summed E-state index contributed by atoms with van der Waals surface area (Å²) in [5.41, 5.74) is 12.1. The molecule has 0 aliphatic heterocycles. The number of amides is 1. The van der Waals surface area contributed by atoms with Gasteiger partial charge in [0.1, 0.15) is 11.2 Å². The minimum Gasteiger partial charge on any atom is -0.443 e. The zero-order valence-electron chi connectivity index (χ0n) is 19.1. The van der Waals surface area contributed by atoms with Crippen molar-refractivity contribution in [3.05, 3.63) is 109 Å². The SMILES string of the molecule is Cc1ccc2c(c1)C=Cc1cc(C)ccc1C2c1cn(Cc2nc(OC(N)=O)co2)c(=O)[nH]c1=S. The fourth-order valence-corrected chi connectivity index (χ4v) is 4.65. The molecule has 0 saturated carbocycles. The van der Waals surface area contributed by atoms with Crippen LogP contribution in [-0.2, 0) is 6.54 Å². The number of aryl methyl sites for hydroxylation is 2. The van der Waals surface area contributed by atoms with Crippen LogP contribution in [0.4, 0.5) is 4.79 Å². The molecule has 3 N–H and O–H groups in total. The highest BCUT2D eigenvalue weighted by molar-refractivity contribution is 7.71. The van der Waals surface area contributed by atoms with E-state index >= 15 is 0 Å². The molecule has 0 fully saturated rings. The molecule has 1 aliphatic carbocycles. The van der Waals surface area contributed by atoms with Gasteiger partial charge in [-0.2, -0.15) is 4.98 Å². The van der Waals surface area contributed by atoms with Gasteiger partial charge in [0.2, 0.25) is 5.89 Å². The smallest absolute Gasteiger partial charge is 0.411 e. The predicted octanol–water partition coefficient (Wildman–Crippen LogP) is 4.68. The van der Waals surface area contributed by atoms with Crippen LogP contribution in [0.5, 0.6) is 5.88 Å². The summed E-state index contributed by atoms with van der Waals surface area (Å²) >= 11 is 5.65. The summed E-state index contributed by atoms with van der Waals surface area (Å²) in [6, 6.07) is 12.7. The van der Waals surface area contributed by atoms with Crippen LogP contribution in [0, 0.1) is 18.5 Å². The van der Waals surface area contributed by atoms with Crippen molar-refractivity contribution in [1.29, 1.82) is 0 Å². The zero-order chi connectivity index (χ0) is 24.7. The molecule has 5 rings (SSSR count). The molecule has 0 spiro atoms. The van der Waals surface area contributed by atoms with Gasteiger partial charge in [0.05, 0.1) is 0 Å². The van der Waals surface area contributed by atoms with Gasteiger partial charge in [-0.05, 0) is 36.1 Å². The minimum absolute atomic E-state index is 0.00650. The molecule has 176 valence electrons. The first-order chi connectivity index (χ1) is 16.8. The Labute approximate surface area is 205 Å². The van der Waals surface area contributed by atoms with Crippen LogP contribution >= 0.6 is 12.2 Å². The lowest BCUT2D eigenvalue weighted by Gasteiger charge is -2.22. The van der Waals surface area contributed by atoms with E-state index < -0.39 is 11.8 Å². The summed E-state index contributed by atoms with van der Waals surface area (Å²) in [7, 11) is 0. The van der Waals surface area contributed by atoms with Crippen molar-refractivity contribution >= 4 is 30.5 Å². The lowest BCUT2D eigenvalue weighted by Crippen LogP contribution is -2.25. The van der Waals surface area contributed by atoms with E-state index in [4.69, 9.17) is 27.1 Å². The quantitative estimate of drug-likeness (QED) is 0.356. The number of hydrogen-bond acceptors (Lipinski definition) is 6. The highest BCUT2D eigenvalue weighted by Gasteiger charge is 2.26. The van der Waals surface area contributed by atoms with Crippen LogP contribution in [0.3, 0.4) is 0 Å². The lowest BCUT2D eigenvalue weighted by atomic mass is 9.83. The first-order valence-corrected chi connectivity index (χ1v) is 11.3. The van der Waals surface area contributed by atoms with E-state index in [0.29, 0.717) is 4.64 Å². The lowest BCUT2D eigenvalue weighted by molar-refractivity contribution is 0.209. The molecule has 9 heteroatoms. The van der Waals surface area contributed by atoms with E-state index in [-0.39, 0.29) is 24.2 Å². The van der Waals surface area contributed by atoms with Gasteiger partial charge in [0.15, 0.2) is 6.26 Å². The third kappa shape index (κ3) is 4.45. The standard InChI is InChI=1S/C26H22N4O4S/c1-14-3-7-18-16(9-14)5-6-17-10-15(2)4-8-19(17)23(18)20-11-30(26(32)29-24(20)35)12-21-28-22(13-33-21)34-25(27)31/h3-11,13,23H,12H2,1-2H3,(H2,27,31)(H,29,32,35). The van der Waals surface area contributed by atoms with Crippen LogP contribution in [0.2, 0.25) is 0 Å². The maximum Gasteiger partial charge on any atom is 0.411 e. The largest absolute Gasteiger partial charge is 0.443 e. The van der Waals surface area contributed by atoms with E-state index in [0.717, 1.165) is 45.2 Å². The monoisotopic (exact) mass is 486 g/mol. The van der Waals surface area contributed by atoms with E-state index in [1.54, 1.807) is 6.20 Å². The van der Waals surface area contributed by atoms with Crippen molar-refractivity contribution in [3.63, 3.8) is 0 Å². The number of nitrogens with zero attached hydrogens (tertiary/aromatic N) is 2. The molecule has 0 atom stereocenters. The van der Waals surface area contributed by atoms with Gasteiger partial charge in [-0.15, -0.1) is 0 Å². The van der Waals surface area contributed by atoms with Crippen LogP contribution in [-0.4, -0.2) is 20.6 Å². The van der Waals surface area contributed by atoms with Crippen molar-refractivity contribution in [2.45, 2.75) is 26.3 Å². The second-order valence-electron chi connectivity index (χ2n) is 8.50. The number of primary amides is 1. The first kappa shape index (κ1) is 22.5. The van der Waals surface area contributed by atoms with Crippen LogP contribution in [0.15, 0.2) is 58.1 Å². The van der Waals surface area contributed by atoms with E-state index in [9.17, 15) is 9.59 Å². The number of benzene rings is 2. The molecule has 2 aromatic heterocycles. The van der Waals surface area contributed by atoms with Crippen molar-refractivity contribution in [3.8, 4) is 5.88 Å². The second kappa shape index (κ2) is 8.84. The maximum absolute atomic E-state index is 12.8. The van der Waals surface area contributed by atoms with E-state index in [1.165, 1.54) is 4.57 Å². The summed E-state index contributed by atoms with van der Waals surface area (Å²) in [4.78, 5) is 30.6.